The summed E-state index contributed by atoms with van der Waals surface area (Å²) in [6, 6.07) is 0.309. The number of rotatable bonds is 6. The highest BCUT2D eigenvalue weighted by atomic mass is 32.2. The summed E-state index contributed by atoms with van der Waals surface area (Å²) >= 11 is 1.90. The van der Waals surface area contributed by atoms with Gasteiger partial charge in [0.15, 0.2) is 0 Å². The number of hydrogen-bond donors (Lipinski definition) is 3. The highest BCUT2D eigenvalue weighted by Gasteiger charge is 2.16. The van der Waals surface area contributed by atoms with Gasteiger partial charge in [-0.1, -0.05) is 13.8 Å². The van der Waals surface area contributed by atoms with E-state index in [1.54, 1.807) is 0 Å². The molecule has 0 aromatic heterocycles. The Bertz CT molecular complexity index is 231. The number of thioether (sulfide) groups is 1. The second-order valence-corrected chi connectivity index (χ2v) is 6.03. The summed E-state index contributed by atoms with van der Waals surface area (Å²) in [5.74, 6) is 2.49. The molecule has 1 rings (SSSR count). The van der Waals surface area contributed by atoms with Crippen LogP contribution in [0.1, 0.15) is 26.7 Å². The smallest absolute Gasteiger partial charge is 0.221 e. The second-order valence-electron chi connectivity index (χ2n) is 4.88. The zero-order valence-electron chi connectivity index (χ0n) is 10.7. The van der Waals surface area contributed by atoms with Crippen LogP contribution in [-0.4, -0.2) is 47.8 Å². The zero-order valence-corrected chi connectivity index (χ0v) is 11.6. The van der Waals surface area contributed by atoms with Gasteiger partial charge in [0.1, 0.15) is 0 Å². The predicted molar refractivity (Wildman–Crippen MR) is 72.2 cm³/mol. The van der Waals surface area contributed by atoms with Crippen molar-refractivity contribution in [1.29, 1.82) is 0 Å². The number of carbonyl (C=O) groups excluding carboxylic acids is 1. The molecule has 3 N–H and O–H groups in total. The fraction of sp³-hybridized carbons (Fsp3) is 0.917. The van der Waals surface area contributed by atoms with E-state index in [2.05, 4.69) is 10.6 Å². The number of hydrogen-bond acceptors (Lipinski definition) is 4. The molecule has 1 fully saturated rings. The molecule has 5 heteroatoms. The van der Waals surface area contributed by atoms with Crippen LogP contribution in [0.3, 0.4) is 0 Å². The quantitative estimate of drug-likeness (QED) is 0.655. The Balaban J connectivity index is 2.08. The fourth-order valence-corrected chi connectivity index (χ4v) is 2.69. The molecule has 0 spiro atoms. The van der Waals surface area contributed by atoms with E-state index in [4.69, 9.17) is 0 Å². The van der Waals surface area contributed by atoms with Crippen LogP contribution in [0.2, 0.25) is 0 Å². The van der Waals surface area contributed by atoms with Crippen molar-refractivity contribution in [2.75, 3.05) is 24.6 Å². The summed E-state index contributed by atoms with van der Waals surface area (Å²) in [5, 5.41) is 15.8. The Labute approximate surface area is 108 Å². The topological polar surface area (TPSA) is 61.4 Å². The molecule has 4 nitrogen and oxygen atoms in total. The molecule has 2 unspecified atom stereocenters. The lowest BCUT2D eigenvalue weighted by Crippen LogP contribution is -2.41. The summed E-state index contributed by atoms with van der Waals surface area (Å²) in [5.41, 5.74) is 0. The van der Waals surface area contributed by atoms with Crippen LogP contribution in [0.4, 0.5) is 0 Å². The van der Waals surface area contributed by atoms with Crippen molar-refractivity contribution in [3.05, 3.63) is 0 Å². The molecule has 100 valence electrons. The van der Waals surface area contributed by atoms with Crippen LogP contribution in [0.15, 0.2) is 0 Å². The van der Waals surface area contributed by atoms with Crippen molar-refractivity contribution in [2.24, 2.45) is 5.92 Å². The van der Waals surface area contributed by atoms with Gasteiger partial charge in [-0.15, -0.1) is 0 Å². The first kappa shape index (κ1) is 14.8. The van der Waals surface area contributed by atoms with Crippen LogP contribution in [0.25, 0.3) is 0 Å². The molecule has 1 amide bonds. The Morgan fingerprint density at radius 2 is 2.35 bits per heavy atom. The molecule has 0 aromatic carbocycles. The molecule has 1 saturated heterocycles. The Morgan fingerprint density at radius 3 is 2.94 bits per heavy atom. The van der Waals surface area contributed by atoms with Crippen LogP contribution in [-0.2, 0) is 4.79 Å². The second kappa shape index (κ2) is 7.95. The minimum atomic E-state index is -0.321. The molecule has 1 aliphatic heterocycles. The van der Waals surface area contributed by atoms with Gasteiger partial charge in [0.2, 0.25) is 5.91 Å². The van der Waals surface area contributed by atoms with Gasteiger partial charge in [0.05, 0.1) is 6.10 Å². The number of aliphatic hydroxyl groups is 1. The lowest BCUT2D eigenvalue weighted by molar-refractivity contribution is -0.121. The Morgan fingerprint density at radius 1 is 1.59 bits per heavy atom. The first-order valence-corrected chi connectivity index (χ1v) is 7.51. The van der Waals surface area contributed by atoms with Gasteiger partial charge in [-0.25, -0.2) is 0 Å². The molecular weight excluding hydrogens is 236 g/mol. The average Bonchev–Trinajstić information content (AvgIpc) is 2.30. The SMILES string of the molecule is CC(C)C(O)CCNC(=O)CC1CSCCN1. The highest BCUT2D eigenvalue weighted by molar-refractivity contribution is 7.99. The average molecular weight is 260 g/mol. The van der Waals surface area contributed by atoms with Crippen molar-refractivity contribution in [2.45, 2.75) is 38.8 Å². The first-order valence-electron chi connectivity index (χ1n) is 6.35. The Kier molecular flexibility index (Phi) is 6.92. The van der Waals surface area contributed by atoms with Gasteiger partial charge < -0.3 is 15.7 Å². The predicted octanol–water partition coefficient (Wildman–Crippen LogP) is 0.605. The molecule has 0 aliphatic carbocycles. The van der Waals surface area contributed by atoms with E-state index in [0.29, 0.717) is 25.4 Å². The summed E-state index contributed by atoms with van der Waals surface area (Å²) in [6.45, 7) is 5.53. The van der Waals surface area contributed by atoms with Crippen molar-refractivity contribution >= 4 is 17.7 Å². The molecule has 2 atom stereocenters. The molecule has 0 saturated carbocycles. The number of aliphatic hydroxyl groups excluding tert-OH is 1. The third-order valence-electron chi connectivity index (χ3n) is 2.96. The van der Waals surface area contributed by atoms with E-state index in [0.717, 1.165) is 18.1 Å². The summed E-state index contributed by atoms with van der Waals surface area (Å²) in [4.78, 5) is 11.6. The van der Waals surface area contributed by atoms with Crippen molar-refractivity contribution in [3.63, 3.8) is 0 Å². The van der Waals surface area contributed by atoms with Gasteiger partial charge in [0, 0.05) is 37.1 Å². The third kappa shape index (κ3) is 6.29. The minimum Gasteiger partial charge on any atom is -0.393 e. The Hall–Kier alpha value is -0.260. The van der Waals surface area contributed by atoms with E-state index in [1.807, 2.05) is 25.6 Å². The summed E-state index contributed by atoms with van der Waals surface area (Å²) in [6.07, 6.45) is 0.861. The van der Waals surface area contributed by atoms with E-state index in [1.165, 1.54) is 0 Å². The van der Waals surface area contributed by atoms with Gasteiger partial charge in [-0.05, 0) is 12.3 Å². The number of carbonyl (C=O) groups is 1. The first-order chi connectivity index (χ1) is 8.09. The molecule has 0 bridgehead atoms. The van der Waals surface area contributed by atoms with Crippen molar-refractivity contribution < 1.29 is 9.90 Å². The maximum Gasteiger partial charge on any atom is 0.221 e. The molecular formula is C12H24N2O2S. The van der Waals surface area contributed by atoms with E-state index < -0.39 is 0 Å². The standard InChI is InChI=1S/C12H24N2O2S/c1-9(2)11(15)3-4-14-12(16)7-10-8-17-6-5-13-10/h9-11,13,15H,3-8H2,1-2H3,(H,14,16). The zero-order chi connectivity index (χ0) is 12.7. The minimum absolute atomic E-state index is 0.0842. The molecule has 17 heavy (non-hydrogen) atoms. The lowest BCUT2D eigenvalue weighted by Gasteiger charge is -2.22. The van der Waals surface area contributed by atoms with Crippen molar-refractivity contribution in [3.8, 4) is 0 Å². The maximum atomic E-state index is 11.6. The highest BCUT2D eigenvalue weighted by Crippen LogP contribution is 2.10. The van der Waals surface area contributed by atoms with Gasteiger partial charge >= 0.3 is 0 Å². The fourth-order valence-electron chi connectivity index (χ4n) is 1.74. The van der Waals surface area contributed by atoms with Crippen LogP contribution in [0, 0.1) is 5.92 Å². The molecule has 1 heterocycles. The normalized spacial score (nSPS) is 22.5. The summed E-state index contributed by atoms with van der Waals surface area (Å²) < 4.78 is 0. The van der Waals surface area contributed by atoms with E-state index >= 15 is 0 Å². The van der Waals surface area contributed by atoms with Gasteiger partial charge in [-0.2, -0.15) is 11.8 Å². The van der Waals surface area contributed by atoms with Gasteiger partial charge in [0.25, 0.3) is 0 Å². The monoisotopic (exact) mass is 260 g/mol. The van der Waals surface area contributed by atoms with Crippen molar-refractivity contribution in [1.82, 2.24) is 10.6 Å². The number of amides is 1. The molecule has 0 radical (unpaired) electrons. The molecule has 1 aliphatic rings. The van der Waals surface area contributed by atoms with Gasteiger partial charge in [-0.3, -0.25) is 4.79 Å². The van der Waals surface area contributed by atoms with Crippen LogP contribution < -0.4 is 10.6 Å². The largest absolute Gasteiger partial charge is 0.393 e. The van der Waals surface area contributed by atoms with Crippen LogP contribution in [0.5, 0.6) is 0 Å². The third-order valence-corrected chi connectivity index (χ3v) is 4.09. The maximum absolute atomic E-state index is 11.6. The van der Waals surface area contributed by atoms with E-state index in [-0.39, 0.29) is 17.9 Å². The number of nitrogens with one attached hydrogen (secondary N) is 2. The lowest BCUT2D eigenvalue weighted by atomic mass is 10.0. The van der Waals surface area contributed by atoms with E-state index in [9.17, 15) is 9.90 Å². The summed E-state index contributed by atoms with van der Waals surface area (Å²) in [7, 11) is 0. The molecule has 0 aromatic rings. The van der Waals surface area contributed by atoms with Crippen LogP contribution >= 0.6 is 11.8 Å².